The van der Waals surface area contributed by atoms with Gasteiger partial charge in [-0.15, -0.1) is 0 Å². The molecule has 28 heavy (non-hydrogen) atoms. The predicted octanol–water partition coefficient (Wildman–Crippen LogP) is 2.51. The lowest BCUT2D eigenvalue weighted by Crippen LogP contribution is -2.50. The molecule has 1 aliphatic carbocycles. The van der Waals surface area contributed by atoms with Crippen LogP contribution in [0, 0.1) is 11.7 Å². The molecular formula is C21H20FN3O3. The number of hydrogen-bond donors (Lipinski definition) is 3. The SMILES string of the molecule is NC(=O)c1ccc(-c2ccc(F)cc2)c(CC2CCCC23NC(=O)NC3=O)c1. The number of carbonyl (C=O) groups excluding carboxylic acids is 3. The fourth-order valence-corrected chi connectivity index (χ4v) is 4.42. The number of urea groups is 1. The van der Waals surface area contributed by atoms with Gasteiger partial charge < -0.3 is 11.1 Å². The Morgan fingerprint density at radius 1 is 1.18 bits per heavy atom. The van der Waals surface area contributed by atoms with E-state index in [9.17, 15) is 18.8 Å². The molecule has 2 aromatic rings. The lowest BCUT2D eigenvalue weighted by atomic mass is 9.80. The van der Waals surface area contributed by atoms with Gasteiger partial charge in [0, 0.05) is 5.56 Å². The molecule has 4 N–H and O–H groups in total. The summed E-state index contributed by atoms with van der Waals surface area (Å²) in [4.78, 5) is 35.9. The van der Waals surface area contributed by atoms with E-state index in [0.717, 1.165) is 29.5 Å². The maximum atomic E-state index is 13.3. The van der Waals surface area contributed by atoms with Crippen molar-refractivity contribution >= 4 is 17.8 Å². The van der Waals surface area contributed by atoms with Crippen molar-refractivity contribution in [3.05, 3.63) is 59.4 Å². The van der Waals surface area contributed by atoms with Crippen LogP contribution in [-0.2, 0) is 11.2 Å². The first kappa shape index (κ1) is 18.2. The first-order valence-corrected chi connectivity index (χ1v) is 9.21. The molecule has 1 spiro atoms. The van der Waals surface area contributed by atoms with Crippen LogP contribution in [0.3, 0.4) is 0 Å². The Labute approximate surface area is 161 Å². The largest absolute Gasteiger partial charge is 0.366 e. The van der Waals surface area contributed by atoms with Crippen molar-refractivity contribution in [3.8, 4) is 11.1 Å². The Morgan fingerprint density at radius 2 is 1.93 bits per heavy atom. The van der Waals surface area contributed by atoms with Crippen LogP contribution in [0.2, 0.25) is 0 Å². The van der Waals surface area contributed by atoms with E-state index in [4.69, 9.17) is 5.73 Å². The second kappa shape index (κ2) is 6.74. The van der Waals surface area contributed by atoms with Crippen molar-refractivity contribution in [2.75, 3.05) is 0 Å². The molecule has 2 fully saturated rings. The Kier molecular flexibility index (Phi) is 4.37. The molecule has 1 saturated heterocycles. The van der Waals surface area contributed by atoms with E-state index in [-0.39, 0.29) is 17.6 Å². The highest BCUT2D eigenvalue weighted by atomic mass is 19.1. The minimum atomic E-state index is -0.917. The van der Waals surface area contributed by atoms with Crippen LogP contribution in [0.5, 0.6) is 0 Å². The summed E-state index contributed by atoms with van der Waals surface area (Å²) in [6, 6.07) is 10.8. The Morgan fingerprint density at radius 3 is 2.57 bits per heavy atom. The third-order valence-electron chi connectivity index (χ3n) is 5.80. The molecule has 1 saturated carbocycles. The molecule has 6 nitrogen and oxygen atoms in total. The van der Waals surface area contributed by atoms with E-state index in [2.05, 4.69) is 10.6 Å². The number of amides is 4. The molecule has 7 heteroatoms. The maximum absolute atomic E-state index is 13.3. The Balaban J connectivity index is 1.74. The third-order valence-corrected chi connectivity index (χ3v) is 5.80. The van der Waals surface area contributed by atoms with Gasteiger partial charge in [0.25, 0.3) is 5.91 Å². The second-order valence-corrected chi connectivity index (χ2v) is 7.42. The zero-order chi connectivity index (χ0) is 19.9. The van der Waals surface area contributed by atoms with Crippen molar-refractivity contribution < 1.29 is 18.8 Å². The molecule has 2 aliphatic rings. The number of rotatable bonds is 4. The van der Waals surface area contributed by atoms with Crippen molar-refractivity contribution in [1.29, 1.82) is 0 Å². The molecule has 1 aliphatic heterocycles. The maximum Gasteiger partial charge on any atom is 0.322 e. The molecule has 2 atom stereocenters. The van der Waals surface area contributed by atoms with Gasteiger partial charge in [0.1, 0.15) is 11.4 Å². The van der Waals surface area contributed by atoms with Crippen LogP contribution in [-0.4, -0.2) is 23.4 Å². The molecule has 4 rings (SSSR count). The van der Waals surface area contributed by atoms with Crippen LogP contribution in [0.25, 0.3) is 11.1 Å². The first-order valence-electron chi connectivity index (χ1n) is 9.21. The summed E-state index contributed by atoms with van der Waals surface area (Å²) in [6.07, 6.45) is 2.66. The minimum absolute atomic E-state index is 0.110. The normalized spacial score (nSPS) is 23.7. The van der Waals surface area contributed by atoms with Crippen molar-refractivity contribution in [3.63, 3.8) is 0 Å². The highest BCUT2D eigenvalue weighted by Crippen LogP contribution is 2.41. The zero-order valence-corrected chi connectivity index (χ0v) is 15.1. The summed E-state index contributed by atoms with van der Waals surface area (Å²) in [5.74, 6) is -1.28. The smallest absolute Gasteiger partial charge is 0.322 e. The van der Waals surface area contributed by atoms with E-state index >= 15 is 0 Å². The van der Waals surface area contributed by atoms with Crippen LogP contribution in [0.15, 0.2) is 42.5 Å². The Bertz CT molecular complexity index is 973. The number of primary amides is 1. The molecule has 0 bridgehead atoms. The number of imide groups is 1. The molecule has 2 aromatic carbocycles. The number of benzene rings is 2. The van der Waals surface area contributed by atoms with Gasteiger partial charge in [-0.25, -0.2) is 9.18 Å². The van der Waals surface area contributed by atoms with Gasteiger partial charge in [0.05, 0.1) is 0 Å². The van der Waals surface area contributed by atoms with E-state index in [1.54, 1.807) is 30.3 Å². The molecular weight excluding hydrogens is 361 g/mol. The fraction of sp³-hybridized carbons (Fsp3) is 0.286. The standard InChI is InChI=1S/C21H20FN3O3/c22-16-6-3-12(4-7-16)17-8-5-13(18(23)26)10-14(17)11-15-2-1-9-21(15)19(27)24-20(28)25-21/h3-8,10,15H,1-2,9,11H2,(H2,23,26)(H2,24,25,27,28). The minimum Gasteiger partial charge on any atom is -0.366 e. The number of hydrogen-bond acceptors (Lipinski definition) is 3. The Hall–Kier alpha value is -3.22. The third kappa shape index (κ3) is 3.02. The topological polar surface area (TPSA) is 101 Å². The lowest BCUT2D eigenvalue weighted by molar-refractivity contribution is -0.125. The first-order chi connectivity index (χ1) is 13.4. The van der Waals surface area contributed by atoms with Gasteiger partial charge in [0.15, 0.2) is 0 Å². The number of carbonyl (C=O) groups is 3. The van der Waals surface area contributed by atoms with Crippen LogP contribution in [0.4, 0.5) is 9.18 Å². The molecule has 144 valence electrons. The average molecular weight is 381 g/mol. The lowest BCUT2D eigenvalue weighted by Gasteiger charge is -2.29. The van der Waals surface area contributed by atoms with Crippen molar-refractivity contribution in [2.24, 2.45) is 11.7 Å². The van der Waals surface area contributed by atoms with Gasteiger partial charge in [-0.3, -0.25) is 14.9 Å². The van der Waals surface area contributed by atoms with E-state index in [0.29, 0.717) is 18.4 Å². The fourth-order valence-electron chi connectivity index (χ4n) is 4.42. The van der Waals surface area contributed by atoms with Crippen LogP contribution >= 0.6 is 0 Å². The number of nitrogens with two attached hydrogens (primary N) is 1. The van der Waals surface area contributed by atoms with Crippen LogP contribution in [0.1, 0.15) is 35.2 Å². The summed E-state index contributed by atoms with van der Waals surface area (Å²) in [5.41, 5.74) is 7.38. The van der Waals surface area contributed by atoms with Crippen molar-refractivity contribution in [2.45, 2.75) is 31.2 Å². The molecule has 2 unspecified atom stereocenters. The number of nitrogens with one attached hydrogen (secondary N) is 2. The van der Waals surface area contributed by atoms with E-state index in [1.807, 2.05) is 0 Å². The van der Waals surface area contributed by atoms with Gasteiger partial charge >= 0.3 is 6.03 Å². The monoisotopic (exact) mass is 381 g/mol. The summed E-state index contributed by atoms with van der Waals surface area (Å²) in [6.45, 7) is 0. The quantitative estimate of drug-likeness (QED) is 0.709. The highest BCUT2D eigenvalue weighted by molar-refractivity contribution is 6.07. The summed E-state index contributed by atoms with van der Waals surface area (Å²) in [7, 11) is 0. The van der Waals surface area contributed by atoms with Gasteiger partial charge in [-0.2, -0.15) is 0 Å². The number of halogens is 1. The second-order valence-electron chi connectivity index (χ2n) is 7.42. The highest BCUT2D eigenvalue weighted by Gasteiger charge is 2.54. The molecule has 0 aromatic heterocycles. The van der Waals surface area contributed by atoms with Gasteiger partial charge in [-0.1, -0.05) is 24.6 Å². The predicted molar refractivity (Wildman–Crippen MR) is 101 cm³/mol. The average Bonchev–Trinajstić information content (AvgIpc) is 3.18. The zero-order valence-electron chi connectivity index (χ0n) is 15.1. The molecule has 1 heterocycles. The summed E-state index contributed by atoms with van der Waals surface area (Å²) < 4.78 is 13.3. The summed E-state index contributed by atoms with van der Waals surface area (Å²) >= 11 is 0. The van der Waals surface area contributed by atoms with Gasteiger partial charge in [0.2, 0.25) is 5.91 Å². The van der Waals surface area contributed by atoms with Gasteiger partial charge in [-0.05, 0) is 66.1 Å². The molecule has 4 amide bonds. The van der Waals surface area contributed by atoms with Crippen molar-refractivity contribution in [1.82, 2.24) is 10.6 Å². The summed E-state index contributed by atoms with van der Waals surface area (Å²) in [5, 5.41) is 5.16. The van der Waals surface area contributed by atoms with E-state index in [1.165, 1.54) is 12.1 Å². The van der Waals surface area contributed by atoms with Crippen LogP contribution < -0.4 is 16.4 Å². The molecule has 0 radical (unpaired) electrons. The van der Waals surface area contributed by atoms with E-state index < -0.39 is 17.5 Å².